The molecular weight excluding hydrogens is 334 g/mol. The van der Waals surface area contributed by atoms with E-state index in [9.17, 15) is 0 Å². The van der Waals surface area contributed by atoms with Crippen LogP contribution in [0.1, 0.15) is 16.1 Å². The summed E-state index contributed by atoms with van der Waals surface area (Å²) in [6.07, 6.45) is 5.95. The standard InChI is InChI=1S/C19H15N3O2S/c1-3-15(12-20-7-1)18-10-16(22-24-18)9-14-5-6-19(21-11-14)23-13-17-4-2-8-25-17/h1-8,10-12H,9,13H2. The van der Waals surface area contributed by atoms with E-state index in [1.807, 2.05) is 54.0 Å². The predicted octanol–water partition coefficient (Wildman–Crippen LogP) is 4.36. The van der Waals surface area contributed by atoms with E-state index in [0.717, 1.165) is 16.8 Å². The summed E-state index contributed by atoms with van der Waals surface area (Å²) in [4.78, 5) is 9.62. The highest BCUT2D eigenvalue weighted by atomic mass is 32.1. The Bertz CT molecular complexity index is 919. The van der Waals surface area contributed by atoms with Gasteiger partial charge < -0.3 is 9.26 Å². The predicted molar refractivity (Wildman–Crippen MR) is 95.4 cm³/mol. The molecule has 0 amide bonds. The fourth-order valence-electron chi connectivity index (χ4n) is 2.39. The van der Waals surface area contributed by atoms with Crippen LogP contribution in [0.4, 0.5) is 0 Å². The van der Waals surface area contributed by atoms with E-state index in [0.29, 0.717) is 24.7 Å². The Morgan fingerprint density at radius 2 is 2.08 bits per heavy atom. The van der Waals surface area contributed by atoms with Gasteiger partial charge in [0.25, 0.3) is 0 Å². The second-order valence-corrected chi connectivity index (χ2v) is 6.51. The zero-order valence-corrected chi connectivity index (χ0v) is 14.1. The number of nitrogens with zero attached hydrogens (tertiary/aromatic N) is 3. The normalized spacial score (nSPS) is 10.7. The van der Waals surface area contributed by atoms with Crippen molar-refractivity contribution in [2.24, 2.45) is 0 Å². The third-order valence-corrected chi connectivity index (χ3v) is 4.48. The smallest absolute Gasteiger partial charge is 0.213 e. The molecule has 0 spiro atoms. The minimum atomic E-state index is 0.543. The first-order valence-electron chi connectivity index (χ1n) is 7.83. The molecule has 0 fully saturated rings. The molecule has 0 aliphatic carbocycles. The zero-order valence-electron chi connectivity index (χ0n) is 13.3. The van der Waals surface area contributed by atoms with Gasteiger partial charge in [0.05, 0.1) is 5.69 Å². The molecule has 0 saturated carbocycles. The van der Waals surface area contributed by atoms with Crippen LogP contribution in [0.15, 0.2) is 71.0 Å². The maximum Gasteiger partial charge on any atom is 0.213 e. The molecule has 0 aromatic carbocycles. The molecule has 124 valence electrons. The van der Waals surface area contributed by atoms with Crippen LogP contribution in [0.3, 0.4) is 0 Å². The molecule has 0 bridgehead atoms. The second kappa shape index (κ2) is 7.27. The minimum Gasteiger partial charge on any atom is -0.472 e. The quantitative estimate of drug-likeness (QED) is 0.517. The van der Waals surface area contributed by atoms with Gasteiger partial charge in [-0.05, 0) is 29.1 Å². The third kappa shape index (κ3) is 3.92. The second-order valence-electron chi connectivity index (χ2n) is 5.47. The van der Waals surface area contributed by atoms with Crippen LogP contribution in [-0.4, -0.2) is 15.1 Å². The van der Waals surface area contributed by atoms with E-state index in [1.165, 1.54) is 4.88 Å². The van der Waals surface area contributed by atoms with Gasteiger partial charge in [0.1, 0.15) is 6.61 Å². The van der Waals surface area contributed by atoms with Crippen LogP contribution in [0.5, 0.6) is 5.88 Å². The summed E-state index contributed by atoms with van der Waals surface area (Å²) >= 11 is 1.67. The van der Waals surface area contributed by atoms with E-state index in [-0.39, 0.29) is 0 Å². The van der Waals surface area contributed by atoms with Crippen LogP contribution in [0.25, 0.3) is 11.3 Å². The van der Waals surface area contributed by atoms with Crippen molar-refractivity contribution in [1.82, 2.24) is 15.1 Å². The Morgan fingerprint density at radius 3 is 2.84 bits per heavy atom. The third-order valence-electron chi connectivity index (χ3n) is 3.63. The van der Waals surface area contributed by atoms with Crippen molar-refractivity contribution in [2.75, 3.05) is 0 Å². The van der Waals surface area contributed by atoms with E-state index >= 15 is 0 Å². The SMILES string of the molecule is c1cncc(-c2cc(Cc3ccc(OCc4cccs4)nc3)no2)c1. The topological polar surface area (TPSA) is 61.0 Å². The first-order chi connectivity index (χ1) is 12.4. The minimum absolute atomic E-state index is 0.543. The number of hydrogen-bond acceptors (Lipinski definition) is 6. The largest absolute Gasteiger partial charge is 0.472 e. The molecule has 5 nitrogen and oxygen atoms in total. The van der Waals surface area contributed by atoms with Gasteiger partial charge in [-0.2, -0.15) is 0 Å². The highest BCUT2D eigenvalue weighted by molar-refractivity contribution is 7.09. The molecular formula is C19H15N3O2S. The Balaban J connectivity index is 1.39. The maximum atomic E-state index is 5.68. The van der Waals surface area contributed by atoms with Gasteiger partial charge in [0, 0.05) is 47.6 Å². The van der Waals surface area contributed by atoms with Crippen LogP contribution in [-0.2, 0) is 13.0 Å². The van der Waals surface area contributed by atoms with Crippen molar-refractivity contribution in [3.8, 4) is 17.2 Å². The molecule has 4 aromatic heterocycles. The lowest BCUT2D eigenvalue weighted by Crippen LogP contribution is -1.96. The lowest BCUT2D eigenvalue weighted by molar-refractivity contribution is 0.297. The Hall–Kier alpha value is -2.99. The van der Waals surface area contributed by atoms with Crippen LogP contribution in [0.2, 0.25) is 0 Å². The van der Waals surface area contributed by atoms with Crippen molar-refractivity contribution in [3.63, 3.8) is 0 Å². The van der Waals surface area contributed by atoms with Crippen LogP contribution in [0, 0.1) is 0 Å². The summed E-state index contributed by atoms with van der Waals surface area (Å²) in [5.41, 5.74) is 2.82. The summed E-state index contributed by atoms with van der Waals surface area (Å²) in [5.74, 6) is 1.33. The lowest BCUT2D eigenvalue weighted by atomic mass is 10.1. The van der Waals surface area contributed by atoms with Gasteiger partial charge in [-0.1, -0.05) is 17.3 Å². The van der Waals surface area contributed by atoms with Gasteiger partial charge in [0.2, 0.25) is 5.88 Å². The fourth-order valence-corrected chi connectivity index (χ4v) is 3.01. The summed E-state index contributed by atoms with van der Waals surface area (Å²) in [6.45, 7) is 0.543. The van der Waals surface area contributed by atoms with Gasteiger partial charge in [-0.25, -0.2) is 4.98 Å². The monoisotopic (exact) mass is 349 g/mol. The molecule has 4 aromatic rings. The highest BCUT2D eigenvalue weighted by Crippen LogP contribution is 2.21. The molecule has 0 saturated heterocycles. The number of aromatic nitrogens is 3. The van der Waals surface area contributed by atoms with E-state index in [1.54, 1.807) is 23.7 Å². The summed E-state index contributed by atoms with van der Waals surface area (Å²) in [5, 5.41) is 6.15. The maximum absolute atomic E-state index is 5.68. The zero-order chi connectivity index (χ0) is 16.9. The first kappa shape index (κ1) is 15.5. The molecule has 0 aliphatic heterocycles. The van der Waals surface area contributed by atoms with Crippen molar-refractivity contribution in [2.45, 2.75) is 13.0 Å². The molecule has 25 heavy (non-hydrogen) atoms. The number of thiophene rings is 1. The molecule has 6 heteroatoms. The number of pyridine rings is 2. The van der Waals surface area contributed by atoms with Crippen molar-refractivity contribution in [1.29, 1.82) is 0 Å². The summed E-state index contributed by atoms with van der Waals surface area (Å²) in [6, 6.07) is 13.7. The molecule has 0 atom stereocenters. The molecule has 4 heterocycles. The van der Waals surface area contributed by atoms with Gasteiger partial charge in [0.15, 0.2) is 5.76 Å². The van der Waals surface area contributed by atoms with Gasteiger partial charge in [-0.3, -0.25) is 4.98 Å². The Kier molecular flexibility index (Phi) is 4.52. The lowest BCUT2D eigenvalue weighted by Gasteiger charge is -2.04. The van der Waals surface area contributed by atoms with Crippen LogP contribution < -0.4 is 4.74 Å². The molecule has 0 N–H and O–H groups in total. The van der Waals surface area contributed by atoms with Crippen molar-refractivity contribution in [3.05, 3.63) is 82.6 Å². The molecule has 4 rings (SSSR count). The van der Waals surface area contributed by atoms with Crippen LogP contribution >= 0.6 is 11.3 Å². The average Bonchev–Trinajstić information content (AvgIpc) is 3.34. The number of hydrogen-bond donors (Lipinski definition) is 0. The Labute approximate surface area is 148 Å². The highest BCUT2D eigenvalue weighted by Gasteiger charge is 2.08. The van der Waals surface area contributed by atoms with E-state index in [4.69, 9.17) is 9.26 Å². The average molecular weight is 349 g/mol. The summed E-state index contributed by atoms with van der Waals surface area (Å²) in [7, 11) is 0. The number of ether oxygens (including phenoxy) is 1. The van der Waals surface area contributed by atoms with Gasteiger partial charge in [-0.15, -0.1) is 11.3 Å². The Morgan fingerprint density at radius 1 is 1.08 bits per heavy atom. The van der Waals surface area contributed by atoms with E-state index < -0.39 is 0 Å². The van der Waals surface area contributed by atoms with E-state index in [2.05, 4.69) is 15.1 Å². The van der Waals surface area contributed by atoms with Gasteiger partial charge >= 0.3 is 0 Å². The van der Waals surface area contributed by atoms with Crippen molar-refractivity contribution < 1.29 is 9.26 Å². The fraction of sp³-hybridized carbons (Fsp3) is 0.105. The molecule has 0 aliphatic rings. The first-order valence-corrected chi connectivity index (χ1v) is 8.71. The van der Waals surface area contributed by atoms with Crippen molar-refractivity contribution >= 4 is 11.3 Å². The molecule has 0 radical (unpaired) electrons. The summed E-state index contributed by atoms with van der Waals surface area (Å²) < 4.78 is 11.1. The number of rotatable bonds is 6. The molecule has 0 unspecified atom stereocenters.